The minimum Gasteiger partial charge on any atom is -0.333 e. The maximum absolute atomic E-state index is 12.8. The fraction of sp³-hybridized carbons (Fsp3) is 0.562. The van der Waals surface area contributed by atoms with Gasteiger partial charge in [-0.25, -0.2) is 9.18 Å². The zero-order valence-electron chi connectivity index (χ0n) is 12.7. The molecule has 116 valence electrons. The number of benzene rings is 1. The highest BCUT2D eigenvalue weighted by Crippen LogP contribution is 2.12. The lowest BCUT2D eigenvalue weighted by atomic mass is 10.1. The zero-order chi connectivity index (χ0) is 15.2. The Balaban J connectivity index is 1.61. The molecular weight excluding hydrogens is 269 g/mol. The van der Waals surface area contributed by atoms with Crippen LogP contribution < -0.4 is 10.6 Å². The highest BCUT2D eigenvalue weighted by atomic mass is 19.1. The van der Waals surface area contributed by atoms with Gasteiger partial charge in [-0.05, 0) is 49.6 Å². The standard InChI is InChI=1S/C16H24FN3O/c1-12(2)4-3-9-20-10-15(11-20)19-16(21)18-14-7-5-13(17)6-8-14/h5-8,12,15H,3-4,9-11H2,1-2H3,(H2,18,19,21). The summed E-state index contributed by atoms with van der Waals surface area (Å²) in [6.45, 7) is 7.40. The van der Waals surface area contributed by atoms with Gasteiger partial charge in [-0.2, -0.15) is 0 Å². The van der Waals surface area contributed by atoms with Crippen LogP contribution in [-0.2, 0) is 0 Å². The third-order valence-corrected chi connectivity index (χ3v) is 3.65. The van der Waals surface area contributed by atoms with Crippen LogP contribution in [0.1, 0.15) is 26.7 Å². The number of hydrogen-bond acceptors (Lipinski definition) is 2. The second-order valence-electron chi connectivity index (χ2n) is 6.10. The van der Waals surface area contributed by atoms with Gasteiger partial charge in [-0.15, -0.1) is 0 Å². The molecule has 1 heterocycles. The molecule has 1 aromatic rings. The monoisotopic (exact) mass is 293 g/mol. The van der Waals surface area contributed by atoms with Gasteiger partial charge in [0.15, 0.2) is 0 Å². The van der Waals surface area contributed by atoms with Gasteiger partial charge < -0.3 is 10.6 Å². The molecule has 0 bridgehead atoms. The van der Waals surface area contributed by atoms with Gasteiger partial charge >= 0.3 is 6.03 Å². The van der Waals surface area contributed by atoms with E-state index in [2.05, 4.69) is 29.4 Å². The fourth-order valence-corrected chi connectivity index (χ4v) is 2.45. The van der Waals surface area contributed by atoms with Crippen LogP contribution in [-0.4, -0.2) is 36.6 Å². The lowest BCUT2D eigenvalue weighted by Gasteiger charge is -2.39. The summed E-state index contributed by atoms with van der Waals surface area (Å²) in [6.07, 6.45) is 2.46. The van der Waals surface area contributed by atoms with E-state index in [1.54, 1.807) is 12.1 Å². The first-order valence-electron chi connectivity index (χ1n) is 7.58. The Kier molecular flexibility index (Phi) is 5.56. The molecule has 0 spiro atoms. The van der Waals surface area contributed by atoms with Crippen LogP contribution >= 0.6 is 0 Å². The highest BCUT2D eigenvalue weighted by molar-refractivity contribution is 5.89. The van der Waals surface area contributed by atoms with Crippen LogP contribution in [0.25, 0.3) is 0 Å². The second-order valence-corrected chi connectivity index (χ2v) is 6.10. The largest absolute Gasteiger partial charge is 0.333 e. The van der Waals surface area contributed by atoms with Crippen molar-refractivity contribution in [3.05, 3.63) is 30.1 Å². The molecule has 5 heteroatoms. The van der Waals surface area contributed by atoms with Gasteiger partial charge in [0.25, 0.3) is 0 Å². The summed E-state index contributed by atoms with van der Waals surface area (Å²) in [5.41, 5.74) is 0.599. The molecule has 2 N–H and O–H groups in total. The zero-order valence-corrected chi connectivity index (χ0v) is 12.7. The average Bonchev–Trinajstić information content (AvgIpc) is 2.38. The van der Waals surface area contributed by atoms with Crippen molar-refractivity contribution in [1.82, 2.24) is 10.2 Å². The SMILES string of the molecule is CC(C)CCCN1CC(NC(=O)Nc2ccc(F)cc2)C1. The Morgan fingerprint density at radius 1 is 1.33 bits per heavy atom. The molecule has 1 aromatic carbocycles. The molecule has 0 saturated carbocycles. The van der Waals surface area contributed by atoms with E-state index < -0.39 is 0 Å². The maximum Gasteiger partial charge on any atom is 0.319 e. The van der Waals surface area contributed by atoms with E-state index in [1.807, 2.05) is 0 Å². The third-order valence-electron chi connectivity index (χ3n) is 3.65. The lowest BCUT2D eigenvalue weighted by Crippen LogP contribution is -2.59. The number of carbonyl (C=O) groups excluding carboxylic acids is 1. The molecule has 4 nitrogen and oxygen atoms in total. The minimum absolute atomic E-state index is 0.212. The van der Waals surface area contributed by atoms with Crippen molar-refractivity contribution in [2.75, 3.05) is 25.0 Å². The number of anilines is 1. The van der Waals surface area contributed by atoms with Crippen LogP contribution in [0.2, 0.25) is 0 Å². The Morgan fingerprint density at radius 3 is 2.62 bits per heavy atom. The van der Waals surface area contributed by atoms with E-state index in [4.69, 9.17) is 0 Å². The number of nitrogens with zero attached hydrogens (tertiary/aromatic N) is 1. The fourth-order valence-electron chi connectivity index (χ4n) is 2.45. The van der Waals surface area contributed by atoms with Gasteiger partial charge in [-0.3, -0.25) is 4.90 Å². The molecular formula is C16H24FN3O. The number of nitrogens with one attached hydrogen (secondary N) is 2. The molecule has 1 aliphatic rings. The van der Waals surface area contributed by atoms with Crippen molar-refractivity contribution in [3.8, 4) is 0 Å². The molecule has 2 amide bonds. The summed E-state index contributed by atoms with van der Waals surface area (Å²) in [5, 5.41) is 5.63. The van der Waals surface area contributed by atoms with Crippen LogP contribution in [0, 0.1) is 11.7 Å². The van der Waals surface area contributed by atoms with E-state index in [0.717, 1.165) is 25.6 Å². The molecule has 0 aliphatic carbocycles. The first kappa shape index (κ1) is 15.8. The van der Waals surface area contributed by atoms with Crippen molar-refractivity contribution in [3.63, 3.8) is 0 Å². The number of halogens is 1. The van der Waals surface area contributed by atoms with E-state index in [9.17, 15) is 9.18 Å². The van der Waals surface area contributed by atoms with Crippen molar-refractivity contribution in [2.24, 2.45) is 5.92 Å². The minimum atomic E-state index is -0.308. The van der Waals surface area contributed by atoms with Crippen molar-refractivity contribution in [1.29, 1.82) is 0 Å². The Hall–Kier alpha value is -1.62. The Bertz CT molecular complexity index is 455. The number of hydrogen-bond donors (Lipinski definition) is 2. The number of urea groups is 1. The molecule has 0 unspecified atom stereocenters. The van der Waals surface area contributed by atoms with Gasteiger partial charge in [0.1, 0.15) is 5.82 Å². The summed E-state index contributed by atoms with van der Waals surface area (Å²) in [7, 11) is 0. The molecule has 1 aliphatic heterocycles. The van der Waals surface area contributed by atoms with E-state index in [-0.39, 0.29) is 17.9 Å². The average molecular weight is 293 g/mol. The smallest absolute Gasteiger partial charge is 0.319 e. The summed E-state index contributed by atoms with van der Waals surface area (Å²) in [4.78, 5) is 14.1. The van der Waals surface area contributed by atoms with Crippen LogP contribution in [0.3, 0.4) is 0 Å². The summed E-state index contributed by atoms with van der Waals surface area (Å²) in [5.74, 6) is 0.443. The maximum atomic E-state index is 12.8. The summed E-state index contributed by atoms with van der Waals surface area (Å²) >= 11 is 0. The van der Waals surface area contributed by atoms with Crippen LogP contribution in [0.15, 0.2) is 24.3 Å². The highest BCUT2D eigenvalue weighted by Gasteiger charge is 2.27. The lowest BCUT2D eigenvalue weighted by molar-refractivity contribution is 0.128. The topological polar surface area (TPSA) is 44.4 Å². The molecule has 0 atom stereocenters. The first-order valence-corrected chi connectivity index (χ1v) is 7.58. The molecule has 1 fully saturated rings. The van der Waals surface area contributed by atoms with E-state index >= 15 is 0 Å². The van der Waals surface area contributed by atoms with Crippen molar-refractivity contribution >= 4 is 11.7 Å². The van der Waals surface area contributed by atoms with Crippen molar-refractivity contribution in [2.45, 2.75) is 32.7 Å². The van der Waals surface area contributed by atoms with Crippen molar-refractivity contribution < 1.29 is 9.18 Å². The Morgan fingerprint density at radius 2 is 2.00 bits per heavy atom. The number of amides is 2. The second kappa shape index (κ2) is 7.41. The van der Waals surface area contributed by atoms with Gasteiger partial charge in [-0.1, -0.05) is 13.8 Å². The van der Waals surface area contributed by atoms with E-state index in [0.29, 0.717) is 5.69 Å². The van der Waals surface area contributed by atoms with Crippen LogP contribution in [0.4, 0.5) is 14.9 Å². The molecule has 0 radical (unpaired) electrons. The quantitative estimate of drug-likeness (QED) is 0.846. The number of rotatable bonds is 6. The first-order chi connectivity index (χ1) is 10.0. The van der Waals surface area contributed by atoms with Gasteiger partial charge in [0.2, 0.25) is 0 Å². The molecule has 21 heavy (non-hydrogen) atoms. The summed E-state index contributed by atoms with van der Waals surface area (Å²) < 4.78 is 12.8. The predicted molar refractivity (Wildman–Crippen MR) is 82.9 cm³/mol. The van der Waals surface area contributed by atoms with E-state index in [1.165, 1.54) is 25.0 Å². The molecule has 2 rings (SSSR count). The predicted octanol–water partition coefficient (Wildman–Crippen LogP) is 3.07. The summed E-state index contributed by atoms with van der Waals surface area (Å²) in [6, 6.07) is 5.74. The Labute approximate surface area is 125 Å². The number of carbonyl (C=O) groups is 1. The molecule has 1 saturated heterocycles. The normalized spacial score (nSPS) is 15.8. The van der Waals surface area contributed by atoms with Gasteiger partial charge in [0.05, 0.1) is 6.04 Å². The number of likely N-dealkylation sites (tertiary alicyclic amines) is 1. The van der Waals surface area contributed by atoms with Gasteiger partial charge in [0, 0.05) is 18.8 Å². The third kappa shape index (κ3) is 5.34. The molecule has 0 aromatic heterocycles. The van der Waals surface area contributed by atoms with Crippen LogP contribution in [0.5, 0.6) is 0 Å².